The Kier molecular flexibility index (Phi) is 8.55. The van der Waals surface area contributed by atoms with Crippen LogP contribution in [0.15, 0.2) is 47.1 Å². The molecule has 1 nitrogen and oxygen atoms in total. The third-order valence-corrected chi connectivity index (χ3v) is 2.24. The molecule has 1 N–H and O–H groups in total. The smallest absolute Gasteiger partial charge is 0.0617 e. The summed E-state index contributed by atoms with van der Waals surface area (Å²) in [6.07, 6.45) is 12.5. The summed E-state index contributed by atoms with van der Waals surface area (Å²) in [7, 11) is 0. The second kappa shape index (κ2) is 9.17. The van der Waals surface area contributed by atoms with E-state index in [1.165, 1.54) is 11.1 Å². The normalized spacial score (nSPS) is 13.3. The Morgan fingerprint density at radius 3 is 2.31 bits per heavy atom. The van der Waals surface area contributed by atoms with Crippen LogP contribution in [-0.4, -0.2) is 11.7 Å². The molecule has 0 aromatic heterocycles. The van der Waals surface area contributed by atoms with Gasteiger partial charge in [0, 0.05) is 0 Å². The molecule has 0 atom stereocenters. The van der Waals surface area contributed by atoms with Crippen LogP contribution in [0.4, 0.5) is 0 Å². The summed E-state index contributed by atoms with van der Waals surface area (Å²) >= 11 is 0. The van der Waals surface area contributed by atoms with E-state index in [1.807, 2.05) is 19.1 Å². The highest BCUT2D eigenvalue weighted by Gasteiger charge is 1.87. The Morgan fingerprint density at radius 1 is 1.06 bits per heavy atom. The van der Waals surface area contributed by atoms with Crippen molar-refractivity contribution < 1.29 is 5.11 Å². The predicted molar refractivity (Wildman–Crippen MR) is 72.4 cm³/mol. The summed E-state index contributed by atoms with van der Waals surface area (Å²) in [5.74, 6) is 0. The molecule has 0 saturated carbocycles. The zero-order chi connectivity index (χ0) is 12.4. The van der Waals surface area contributed by atoms with Crippen LogP contribution < -0.4 is 0 Å². The van der Waals surface area contributed by atoms with Gasteiger partial charge in [0.2, 0.25) is 0 Å². The molecule has 0 radical (unpaired) electrons. The highest BCUT2D eigenvalue weighted by Crippen LogP contribution is 2.07. The summed E-state index contributed by atoms with van der Waals surface area (Å²) in [5.41, 5.74) is 3.85. The number of allylic oxidation sites excluding steroid dienone is 7. The summed E-state index contributed by atoms with van der Waals surface area (Å²) in [5, 5.41) is 8.68. The van der Waals surface area contributed by atoms with Crippen LogP contribution >= 0.6 is 0 Å². The van der Waals surface area contributed by atoms with Gasteiger partial charge >= 0.3 is 0 Å². The first-order valence-corrected chi connectivity index (χ1v) is 5.81. The molecule has 0 saturated heterocycles. The topological polar surface area (TPSA) is 20.2 Å². The molecule has 0 rings (SSSR count). The molecule has 0 fully saturated rings. The molecular weight excluding hydrogens is 196 g/mol. The maximum atomic E-state index is 8.68. The van der Waals surface area contributed by atoms with E-state index >= 15 is 0 Å². The molecule has 0 aromatic rings. The Labute approximate surface area is 99.9 Å². The van der Waals surface area contributed by atoms with E-state index in [0.717, 1.165) is 18.4 Å². The molecule has 0 bridgehead atoms. The Hall–Kier alpha value is -1.08. The predicted octanol–water partition coefficient (Wildman–Crippen LogP) is 4.17. The maximum absolute atomic E-state index is 8.68. The third-order valence-electron chi connectivity index (χ3n) is 2.24. The fourth-order valence-corrected chi connectivity index (χ4v) is 1.25. The first-order chi connectivity index (χ1) is 7.56. The van der Waals surface area contributed by atoms with Gasteiger partial charge in [-0.2, -0.15) is 0 Å². The molecule has 16 heavy (non-hydrogen) atoms. The van der Waals surface area contributed by atoms with Crippen LogP contribution in [-0.2, 0) is 0 Å². The Bertz CT molecular complexity index is 299. The quantitative estimate of drug-likeness (QED) is 0.526. The minimum absolute atomic E-state index is 0.111. The molecule has 0 amide bonds. The largest absolute Gasteiger partial charge is 0.392 e. The average Bonchev–Trinajstić information content (AvgIpc) is 2.17. The van der Waals surface area contributed by atoms with Crippen molar-refractivity contribution in [2.45, 2.75) is 40.5 Å². The third kappa shape index (κ3) is 9.47. The molecule has 0 aliphatic heterocycles. The van der Waals surface area contributed by atoms with Crippen LogP contribution in [0.5, 0.6) is 0 Å². The molecule has 0 aliphatic carbocycles. The summed E-state index contributed by atoms with van der Waals surface area (Å²) < 4.78 is 0. The van der Waals surface area contributed by atoms with Gasteiger partial charge in [-0.15, -0.1) is 0 Å². The van der Waals surface area contributed by atoms with Crippen molar-refractivity contribution in [3.8, 4) is 0 Å². The van der Waals surface area contributed by atoms with Gasteiger partial charge in [0.1, 0.15) is 0 Å². The van der Waals surface area contributed by atoms with Crippen molar-refractivity contribution in [1.82, 2.24) is 0 Å². The summed E-state index contributed by atoms with van der Waals surface area (Å²) in [6, 6.07) is 0. The second-order valence-corrected chi connectivity index (χ2v) is 4.32. The van der Waals surface area contributed by atoms with Crippen LogP contribution in [0.1, 0.15) is 40.5 Å². The van der Waals surface area contributed by atoms with Gasteiger partial charge in [-0.3, -0.25) is 0 Å². The number of rotatable bonds is 6. The standard InChI is InChI=1S/C15H24O/c1-13(2)7-5-8-14(3)9-6-10-15(4)11-12-16/h6-7,9-11,16H,5,8,12H2,1-4H3. The van der Waals surface area contributed by atoms with Crippen molar-refractivity contribution in [2.75, 3.05) is 6.61 Å². The number of hydrogen-bond donors (Lipinski definition) is 1. The van der Waals surface area contributed by atoms with Crippen molar-refractivity contribution in [3.63, 3.8) is 0 Å². The van der Waals surface area contributed by atoms with Crippen molar-refractivity contribution >= 4 is 0 Å². The van der Waals surface area contributed by atoms with Crippen LogP contribution in [0.3, 0.4) is 0 Å². The molecular formula is C15H24O. The zero-order valence-electron chi connectivity index (χ0n) is 11.0. The fourth-order valence-electron chi connectivity index (χ4n) is 1.25. The molecule has 0 spiro atoms. The lowest BCUT2D eigenvalue weighted by atomic mass is 10.1. The minimum atomic E-state index is 0.111. The van der Waals surface area contributed by atoms with E-state index in [0.29, 0.717) is 0 Å². The lowest BCUT2D eigenvalue weighted by Crippen LogP contribution is -1.77. The first-order valence-electron chi connectivity index (χ1n) is 5.81. The van der Waals surface area contributed by atoms with E-state index < -0.39 is 0 Å². The number of hydrogen-bond acceptors (Lipinski definition) is 1. The maximum Gasteiger partial charge on any atom is 0.0617 e. The Balaban J connectivity index is 4.04. The molecule has 90 valence electrons. The summed E-state index contributed by atoms with van der Waals surface area (Å²) in [6.45, 7) is 8.50. The van der Waals surface area contributed by atoms with Gasteiger partial charge in [-0.05, 0) is 40.5 Å². The monoisotopic (exact) mass is 220 g/mol. The minimum Gasteiger partial charge on any atom is -0.392 e. The van der Waals surface area contributed by atoms with Crippen molar-refractivity contribution in [1.29, 1.82) is 0 Å². The fraction of sp³-hybridized carbons (Fsp3) is 0.467. The van der Waals surface area contributed by atoms with Gasteiger partial charge in [0.05, 0.1) is 6.61 Å². The van der Waals surface area contributed by atoms with Crippen LogP contribution in [0.2, 0.25) is 0 Å². The van der Waals surface area contributed by atoms with E-state index in [9.17, 15) is 0 Å². The van der Waals surface area contributed by atoms with Gasteiger partial charge in [-0.1, -0.05) is 47.1 Å². The van der Waals surface area contributed by atoms with E-state index in [2.05, 4.69) is 32.9 Å². The van der Waals surface area contributed by atoms with Crippen molar-refractivity contribution in [2.24, 2.45) is 0 Å². The first kappa shape index (κ1) is 14.9. The van der Waals surface area contributed by atoms with E-state index in [1.54, 1.807) is 6.08 Å². The number of aliphatic hydroxyl groups excluding tert-OH is 1. The molecule has 0 aromatic carbocycles. The molecule has 1 heteroatoms. The summed E-state index contributed by atoms with van der Waals surface area (Å²) in [4.78, 5) is 0. The molecule has 0 heterocycles. The highest BCUT2D eigenvalue weighted by atomic mass is 16.2. The van der Waals surface area contributed by atoms with E-state index in [-0.39, 0.29) is 6.61 Å². The van der Waals surface area contributed by atoms with Crippen LogP contribution in [0, 0.1) is 0 Å². The SMILES string of the molecule is CC(C)=CCCC(C)=CC=CC(C)=CCO. The number of aliphatic hydroxyl groups is 1. The molecule has 0 aliphatic rings. The second-order valence-electron chi connectivity index (χ2n) is 4.32. The average molecular weight is 220 g/mol. The van der Waals surface area contributed by atoms with Gasteiger partial charge < -0.3 is 5.11 Å². The lowest BCUT2D eigenvalue weighted by Gasteiger charge is -1.96. The van der Waals surface area contributed by atoms with Crippen LogP contribution in [0.25, 0.3) is 0 Å². The van der Waals surface area contributed by atoms with E-state index in [4.69, 9.17) is 5.11 Å². The lowest BCUT2D eigenvalue weighted by molar-refractivity contribution is 0.342. The van der Waals surface area contributed by atoms with Crippen molar-refractivity contribution in [3.05, 3.63) is 47.1 Å². The highest BCUT2D eigenvalue weighted by molar-refractivity contribution is 5.22. The van der Waals surface area contributed by atoms with Gasteiger partial charge in [0.15, 0.2) is 0 Å². The zero-order valence-corrected chi connectivity index (χ0v) is 11.0. The molecule has 0 unspecified atom stereocenters. The van der Waals surface area contributed by atoms with Gasteiger partial charge in [-0.25, -0.2) is 0 Å². The Morgan fingerprint density at radius 2 is 1.75 bits per heavy atom. The van der Waals surface area contributed by atoms with Gasteiger partial charge in [0.25, 0.3) is 0 Å².